The number of esters is 2. The highest BCUT2D eigenvalue weighted by Crippen LogP contribution is 2.23. The Morgan fingerprint density at radius 2 is 1.55 bits per heavy atom. The maximum absolute atomic E-state index is 12.4. The molecular formula is C28H27F3N2O5. The van der Waals surface area contributed by atoms with E-state index in [0.717, 1.165) is 5.56 Å². The molecule has 0 heterocycles. The second-order valence-corrected chi connectivity index (χ2v) is 8.26. The van der Waals surface area contributed by atoms with Crippen molar-refractivity contribution in [1.29, 1.82) is 0 Å². The number of ether oxygens (including phenoxy) is 3. The van der Waals surface area contributed by atoms with Crippen LogP contribution in [-0.4, -0.2) is 31.3 Å². The van der Waals surface area contributed by atoms with Crippen molar-refractivity contribution in [2.75, 3.05) is 24.7 Å². The number of carbonyl (C=O) groups is 2. The van der Waals surface area contributed by atoms with Gasteiger partial charge in [-0.05, 0) is 78.2 Å². The van der Waals surface area contributed by atoms with E-state index >= 15 is 0 Å². The quantitative estimate of drug-likeness (QED) is 0.110. The second-order valence-electron chi connectivity index (χ2n) is 8.26. The van der Waals surface area contributed by atoms with Crippen molar-refractivity contribution in [2.45, 2.75) is 25.4 Å². The number of alkyl halides is 3. The molecule has 0 bridgehead atoms. The average molecular weight is 529 g/mol. The van der Waals surface area contributed by atoms with Gasteiger partial charge < -0.3 is 25.7 Å². The highest BCUT2D eigenvalue weighted by atomic mass is 19.4. The number of carbonyl (C=O) groups excluding carboxylic acids is 2. The lowest BCUT2D eigenvalue weighted by atomic mass is 10.1. The maximum Gasteiger partial charge on any atom is 0.389 e. The van der Waals surface area contributed by atoms with Crippen molar-refractivity contribution in [3.63, 3.8) is 0 Å². The van der Waals surface area contributed by atoms with Gasteiger partial charge in [0.15, 0.2) is 0 Å². The Morgan fingerprint density at radius 1 is 0.868 bits per heavy atom. The smallest absolute Gasteiger partial charge is 0.389 e. The molecular weight excluding hydrogens is 501 g/mol. The van der Waals surface area contributed by atoms with Crippen molar-refractivity contribution in [1.82, 2.24) is 0 Å². The molecule has 0 atom stereocenters. The van der Waals surface area contributed by atoms with E-state index in [0.29, 0.717) is 29.1 Å². The molecule has 0 unspecified atom stereocenters. The molecule has 0 radical (unpaired) electrons. The molecule has 3 aromatic rings. The third-order valence-corrected chi connectivity index (χ3v) is 5.25. The SMILES string of the molecule is Nc1ccc(N)c(CCOC(=O)C=Cc2ccc(C(=O)Oc3ccc(OCCCC(F)(F)F)cc3)cc2)c1. The number of anilines is 2. The van der Waals surface area contributed by atoms with E-state index < -0.39 is 24.5 Å². The van der Waals surface area contributed by atoms with Gasteiger partial charge in [-0.3, -0.25) is 0 Å². The molecule has 10 heteroatoms. The Labute approximate surface area is 217 Å². The van der Waals surface area contributed by atoms with Crippen molar-refractivity contribution in [2.24, 2.45) is 0 Å². The largest absolute Gasteiger partial charge is 0.494 e. The summed E-state index contributed by atoms with van der Waals surface area (Å²) >= 11 is 0. The minimum absolute atomic E-state index is 0.0739. The first-order valence-corrected chi connectivity index (χ1v) is 11.7. The summed E-state index contributed by atoms with van der Waals surface area (Å²) in [4.78, 5) is 24.4. The molecule has 38 heavy (non-hydrogen) atoms. The van der Waals surface area contributed by atoms with Gasteiger partial charge in [0, 0.05) is 30.3 Å². The van der Waals surface area contributed by atoms with Gasteiger partial charge in [-0.1, -0.05) is 12.1 Å². The van der Waals surface area contributed by atoms with Crippen LogP contribution in [0.15, 0.2) is 72.8 Å². The molecule has 0 aliphatic carbocycles. The third kappa shape index (κ3) is 9.53. The molecule has 4 N–H and O–H groups in total. The zero-order valence-corrected chi connectivity index (χ0v) is 20.4. The van der Waals surface area contributed by atoms with Gasteiger partial charge in [-0.15, -0.1) is 0 Å². The fraction of sp³-hybridized carbons (Fsp3) is 0.214. The second kappa shape index (κ2) is 13.2. The highest BCUT2D eigenvalue weighted by Gasteiger charge is 2.26. The minimum atomic E-state index is -4.21. The normalized spacial score (nSPS) is 11.3. The fourth-order valence-corrected chi connectivity index (χ4v) is 3.28. The number of hydrogen-bond donors (Lipinski definition) is 2. The van der Waals surface area contributed by atoms with Gasteiger partial charge in [0.25, 0.3) is 0 Å². The molecule has 0 amide bonds. The van der Waals surface area contributed by atoms with Gasteiger partial charge >= 0.3 is 18.1 Å². The van der Waals surface area contributed by atoms with E-state index in [1.165, 1.54) is 30.3 Å². The first-order valence-electron chi connectivity index (χ1n) is 11.7. The first-order chi connectivity index (χ1) is 18.1. The molecule has 0 spiro atoms. The zero-order chi connectivity index (χ0) is 27.5. The van der Waals surface area contributed by atoms with Gasteiger partial charge in [0.05, 0.1) is 18.8 Å². The lowest BCUT2D eigenvalue weighted by Crippen LogP contribution is -2.10. The minimum Gasteiger partial charge on any atom is -0.494 e. The number of nitrogen functional groups attached to an aromatic ring is 2. The van der Waals surface area contributed by atoms with Crippen LogP contribution in [0.1, 0.15) is 34.3 Å². The van der Waals surface area contributed by atoms with Crippen LogP contribution in [-0.2, 0) is 16.0 Å². The van der Waals surface area contributed by atoms with Gasteiger partial charge in [0.2, 0.25) is 0 Å². The molecule has 0 aromatic heterocycles. The number of hydrogen-bond acceptors (Lipinski definition) is 7. The summed E-state index contributed by atoms with van der Waals surface area (Å²) in [6, 6.07) is 17.5. The molecule has 0 saturated heterocycles. The monoisotopic (exact) mass is 528 g/mol. The van der Waals surface area contributed by atoms with Crippen molar-refractivity contribution >= 4 is 29.4 Å². The van der Waals surface area contributed by atoms with Crippen LogP contribution in [0, 0.1) is 0 Å². The summed E-state index contributed by atoms with van der Waals surface area (Å²) in [6.45, 7) is 0.0717. The summed E-state index contributed by atoms with van der Waals surface area (Å²) < 4.78 is 52.3. The lowest BCUT2D eigenvalue weighted by molar-refractivity contribution is -0.138. The van der Waals surface area contributed by atoms with E-state index in [4.69, 9.17) is 25.7 Å². The van der Waals surface area contributed by atoms with Crippen LogP contribution in [0.5, 0.6) is 11.5 Å². The maximum atomic E-state index is 12.4. The molecule has 0 saturated carbocycles. The molecule has 0 fully saturated rings. The first kappa shape index (κ1) is 28.1. The Balaban J connectivity index is 1.43. The average Bonchev–Trinajstić information content (AvgIpc) is 2.88. The molecule has 3 aromatic carbocycles. The number of nitrogens with two attached hydrogens (primary N) is 2. The summed E-state index contributed by atoms with van der Waals surface area (Å²) in [7, 11) is 0. The lowest BCUT2D eigenvalue weighted by Gasteiger charge is -2.09. The number of rotatable bonds is 11. The molecule has 7 nitrogen and oxygen atoms in total. The van der Waals surface area contributed by atoms with Crippen molar-refractivity contribution in [3.8, 4) is 11.5 Å². The Morgan fingerprint density at radius 3 is 2.24 bits per heavy atom. The van der Waals surface area contributed by atoms with Crippen LogP contribution in [0.2, 0.25) is 0 Å². The van der Waals surface area contributed by atoms with Gasteiger partial charge in [0.1, 0.15) is 11.5 Å². The van der Waals surface area contributed by atoms with E-state index in [1.54, 1.807) is 48.5 Å². The van der Waals surface area contributed by atoms with Crippen LogP contribution in [0.3, 0.4) is 0 Å². The summed E-state index contributed by atoms with van der Waals surface area (Å²) in [6.07, 6.45) is -2.00. The predicted octanol–water partition coefficient (Wildman–Crippen LogP) is 5.59. The van der Waals surface area contributed by atoms with Crippen LogP contribution in [0.25, 0.3) is 6.08 Å². The third-order valence-electron chi connectivity index (χ3n) is 5.25. The molecule has 200 valence electrons. The van der Waals surface area contributed by atoms with Crippen LogP contribution < -0.4 is 20.9 Å². The summed E-state index contributed by atoms with van der Waals surface area (Å²) in [5.74, 6) is -0.497. The van der Waals surface area contributed by atoms with Gasteiger partial charge in [-0.2, -0.15) is 13.2 Å². The van der Waals surface area contributed by atoms with Crippen molar-refractivity contribution in [3.05, 3.63) is 89.5 Å². The van der Waals surface area contributed by atoms with Gasteiger partial charge in [-0.25, -0.2) is 9.59 Å². The van der Waals surface area contributed by atoms with E-state index in [-0.39, 0.29) is 30.9 Å². The standard InChI is InChI=1S/C28H27F3N2O5/c29-28(30,31)15-1-16-36-23-8-10-24(11-9-23)38-27(35)20-5-2-19(3-6-20)4-13-26(34)37-17-14-21-18-22(32)7-12-25(21)33/h2-13,18H,1,14-17,32-33H2. The fourth-order valence-electron chi connectivity index (χ4n) is 3.28. The Hall–Kier alpha value is -4.47. The Bertz CT molecular complexity index is 1260. The Kier molecular flexibility index (Phi) is 9.75. The number of benzene rings is 3. The topological polar surface area (TPSA) is 114 Å². The van der Waals surface area contributed by atoms with E-state index in [1.807, 2.05) is 0 Å². The highest BCUT2D eigenvalue weighted by molar-refractivity contribution is 5.91. The van der Waals surface area contributed by atoms with Crippen LogP contribution >= 0.6 is 0 Å². The summed E-state index contributed by atoms with van der Waals surface area (Å²) in [5, 5.41) is 0. The molecule has 0 aliphatic heterocycles. The van der Waals surface area contributed by atoms with Crippen molar-refractivity contribution < 1.29 is 37.0 Å². The van der Waals surface area contributed by atoms with Crippen LogP contribution in [0.4, 0.5) is 24.5 Å². The molecule has 3 rings (SSSR count). The zero-order valence-electron chi connectivity index (χ0n) is 20.4. The molecule has 0 aliphatic rings. The number of halogens is 3. The van der Waals surface area contributed by atoms with E-state index in [9.17, 15) is 22.8 Å². The summed E-state index contributed by atoms with van der Waals surface area (Å²) in [5.41, 5.74) is 14.5. The predicted molar refractivity (Wildman–Crippen MR) is 138 cm³/mol. The van der Waals surface area contributed by atoms with E-state index in [2.05, 4.69) is 0 Å².